The van der Waals surface area contributed by atoms with Gasteiger partial charge in [0.05, 0.1) is 14.4 Å². The minimum absolute atomic E-state index is 0.855. The number of aliphatic hydroxyl groups is 4. The number of aliphatic hydroxyl groups excluding tert-OH is 4. The second-order valence-corrected chi connectivity index (χ2v) is 4.43. The fraction of sp³-hybridized carbons (Fsp3) is 1.00. The second kappa shape index (κ2) is 5.05. The third kappa shape index (κ3) is 3.45. The molecule has 1 unspecified atom stereocenters. The maximum absolute atomic E-state index is 10.1. The van der Waals surface area contributed by atoms with Gasteiger partial charge in [0, 0.05) is 0 Å². The Morgan fingerprint density at radius 2 is 1.69 bits per heavy atom. The minimum atomic E-state index is -5.23. The fourth-order valence-electron chi connectivity index (χ4n) is 1.23. The average molecular weight is 258 g/mol. The summed E-state index contributed by atoms with van der Waals surface area (Å²) in [6.07, 6.45) is -8.35. The van der Waals surface area contributed by atoms with Crippen LogP contribution in [0, 0.1) is 0 Å². The molecule has 1 aliphatic heterocycles. The topological polar surface area (TPSA) is 163 Å². The molecule has 0 spiro atoms. The van der Waals surface area contributed by atoms with E-state index in [2.05, 4.69) is 9.26 Å². The summed E-state index contributed by atoms with van der Waals surface area (Å²) in [4.78, 5) is 20.3. The predicted molar refractivity (Wildman–Crippen MR) is 42.5 cm³/mol. The van der Waals surface area contributed by atoms with Gasteiger partial charge in [0.25, 0.3) is 0 Å². The van der Waals surface area contributed by atoms with Gasteiger partial charge in [-0.05, 0) is 0 Å². The Morgan fingerprint density at radius 3 is 2.19 bits per heavy atom. The number of phosphoric acid groups is 1. The van der Waals surface area contributed by atoms with E-state index in [1.807, 2.05) is 0 Å². The number of hydrogen-bond donors (Lipinski definition) is 4. The van der Waals surface area contributed by atoms with Crippen molar-refractivity contribution in [2.75, 3.05) is 6.61 Å². The second-order valence-electron chi connectivity index (χ2n) is 3.28. The molecule has 1 saturated heterocycles. The van der Waals surface area contributed by atoms with Crippen LogP contribution in [0.15, 0.2) is 0 Å². The first-order chi connectivity index (χ1) is 7.22. The zero-order valence-electron chi connectivity index (χ0n) is 7.87. The molecular formula is C6H11O9P-2. The average Bonchev–Trinajstić information content (AvgIpc) is 2.17. The Labute approximate surface area is 90.1 Å². The van der Waals surface area contributed by atoms with Crippen LogP contribution in [-0.2, 0) is 13.8 Å². The number of hydrogen-bond acceptors (Lipinski definition) is 9. The summed E-state index contributed by atoms with van der Waals surface area (Å²) in [5.74, 6) is 0. The van der Waals surface area contributed by atoms with E-state index in [4.69, 9.17) is 10.2 Å². The summed E-state index contributed by atoms with van der Waals surface area (Å²) in [6.45, 7) is -0.855. The van der Waals surface area contributed by atoms with Crippen LogP contribution in [0.5, 0.6) is 0 Å². The molecule has 0 aliphatic carbocycles. The van der Waals surface area contributed by atoms with Crippen molar-refractivity contribution < 1.29 is 44.0 Å². The van der Waals surface area contributed by atoms with Crippen molar-refractivity contribution in [2.45, 2.75) is 30.7 Å². The molecule has 0 saturated carbocycles. The predicted octanol–water partition coefficient (Wildman–Crippen LogP) is -4.37. The minimum Gasteiger partial charge on any atom is -0.790 e. The van der Waals surface area contributed by atoms with Gasteiger partial charge in [0.2, 0.25) is 0 Å². The lowest BCUT2D eigenvalue weighted by Crippen LogP contribution is -2.58. The van der Waals surface area contributed by atoms with Gasteiger partial charge < -0.3 is 44.0 Å². The summed E-state index contributed by atoms with van der Waals surface area (Å²) in [7, 11) is -5.23. The van der Waals surface area contributed by atoms with Crippen molar-refractivity contribution in [1.82, 2.24) is 0 Å². The first-order valence-corrected chi connectivity index (χ1v) is 5.73. The van der Waals surface area contributed by atoms with Crippen molar-refractivity contribution >= 4 is 7.82 Å². The molecule has 1 aliphatic rings. The highest BCUT2D eigenvalue weighted by atomic mass is 31.2. The maximum Gasteiger partial charge on any atom is 0.184 e. The van der Waals surface area contributed by atoms with Crippen LogP contribution >= 0.6 is 7.82 Å². The molecule has 1 rings (SSSR count). The van der Waals surface area contributed by atoms with Gasteiger partial charge in [-0.15, -0.1) is 0 Å². The maximum atomic E-state index is 10.1. The Bertz CT molecular complexity index is 277. The van der Waals surface area contributed by atoms with E-state index in [1.54, 1.807) is 0 Å². The van der Waals surface area contributed by atoms with Crippen molar-refractivity contribution in [2.24, 2.45) is 0 Å². The molecule has 96 valence electrons. The molecule has 9 nitrogen and oxygen atoms in total. The third-order valence-corrected chi connectivity index (χ3v) is 2.55. The van der Waals surface area contributed by atoms with Crippen LogP contribution in [0.4, 0.5) is 0 Å². The van der Waals surface area contributed by atoms with Gasteiger partial charge in [-0.2, -0.15) is 0 Å². The summed E-state index contributed by atoms with van der Waals surface area (Å²) in [6, 6.07) is 0. The molecule has 0 amide bonds. The molecule has 5 atom stereocenters. The molecule has 0 aromatic heterocycles. The fourth-order valence-corrected chi connectivity index (χ4v) is 1.56. The molecule has 1 heterocycles. The molecule has 0 bridgehead atoms. The zero-order valence-corrected chi connectivity index (χ0v) is 8.77. The summed E-state index contributed by atoms with van der Waals surface area (Å²) in [5, 5.41) is 36.6. The van der Waals surface area contributed by atoms with Gasteiger partial charge in [-0.1, -0.05) is 0 Å². The largest absolute Gasteiger partial charge is 0.790 e. The molecule has 0 aromatic rings. The lowest BCUT2D eigenvalue weighted by molar-refractivity contribution is -0.347. The summed E-state index contributed by atoms with van der Waals surface area (Å²) in [5.41, 5.74) is 0. The monoisotopic (exact) mass is 258 g/mol. The van der Waals surface area contributed by atoms with Crippen LogP contribution in [-0.4, -0.2) is 57.7 Å². The highest BCUT2D eigenvalue weighted by Gasteiger charge is 2.43. The van der Waals surface area contributed by atoms with Crippen LogP contribution in [0.1, 0.15) is 0 Å². The lowest BCUT2D eigenvalue weighted by Gasteiger charge is -2.39. The van der Waals surface area contributed by atoms with E-state index in [-0.39, 0.29) is 0 Å². The van der Waals surface area contributed by atoms with E-state index < -0.39 is 45.1 Å². The van der Waals surface area contributed by atoms with Crippen molar-refractivity contribution in [1.29, 1.82) is 0 Å². The highest BCUT2D eigenvalue weighted by molar-refractivity contribution is 7.43. The smallest absolute Gasteiger partial charge is 0.184 e. The highest BCUT2D eigenvalue weighted by Crippen LogP contribution is 2.27. The van der Waals surface area contributed by atoms with Gasteiger partial charge in [0.15, 0.2) is 6.29 Å². The van der Waals surface area contributed by atoms with Crippen LogP contribution in [0.2, 0.25) is 0 Å². The number of phosphoric ester groups is 1. The molecule has 4 N–H and O–H groups in total. The normalized spacial score (nSPS) is 41.0. The quantitative estimate of drug-likeness (QED) is 0.366. The molecule has 16 heavy (non-hydrogen) atoms. The van der Waals surface area contributed by atoms with Crippen LogP contribution in [0.25, 0.3) is 0 Å². The van der Waals surface area contributed by atoms with E-state index >= 15 is 0 Å². The SMILES string of the molecule is O=P([O-])([O-])OC[C@H]1OC(O)[C@@H](O)[C@@H](O)[C@@H]1O. The first kappa shape index (κ1) is 14.0. The Kier molecular flexibility index (Phi) is 4.41. The third-order valence-electron chi connectivity index (χ3n) is 2.08. The molecule has 10 heteroatoms. The van der Waals surface area contributed by atoms with Crippen molar-refractivity contribution in [3.05, 3.63) is 0 Å². The molecular weight excluding hydrogens is 247 g/mol. The van der Waals surface area contributed by atoms with Crippen molar-refractivity contribution in [3.8, 4) is 0 Å². The van der Waals surface area contributed by atoms with E-state index in [0.717, 1.165) is 0 Å². The summed E-state index contributed by atoms with van der Waals surface area (Å²) < 4.78 is 18.5. The van der Waals surface area contributed by atoms with Gasteiger partial charge in [-0.3, -0.25) is 0 Å². The van der Waals surface area contributed by atoms with E-state index in [0.29, 0.717) is 0 Å². The zero-order chi connectivity index (χ0) is 12.5. The number of ether oxygens (including phenoxy) is 1. The van der Waals surface area contributed by atoms with Crippen LogP contribution in [0.3, 0.4) is 0 Å². The van der Waals surface area contributed by atoms with Gasteiger partial charge in [-0.25, -0.2) is 0 Å². The molecule has 0 aromatic carbocycles. The van der Waals surface area contributed by atoms with Gasteiger partial charge in [0.1, 0.15) is 24.4 Å². The summed E-state index contributed by atoms with van der Waals surface area (Å²) >= 11 is 0. The lowest BCUT2D eigenvalue weighted by atomic mass is 10.00. The van der Waals surface area contributed by atoms with Crippen LogP contribution < -0.4 is 9.79 Å². The Balaban J connectivity index is 2.57. The molecule has 0 radical (unpaired) electrons. The van der Waals surface area contributed by atoms with Gasteiger partial charge >= 0.3 is 0 Å². The number of rotatable bonds is 3. The van der Waals surface area contributed by atoms with Crippen molar-refractivity contribution in [3.63, 3.8) is 0 Å². The Hall–Kier alpha value is -0.0900. The standard InChI is InChI=1S/C6H13O9P/c7-3-2(1-14-16(11,12)13)15-6(10)5(9)4(3)8/h2-10H,1H2,(H2,11,12,13)/p-2/t2-,3-,4+,5+,6?/m1/s1. The van der Waals surface area contributed by atoms with E-state index in [9.17, 15) is 24.6 Å². The Morgan fingerprint density at radius 1 is 1.12 bits per heavy atom. The van der Waals surface area contributed by atoms with E-state index in [1.165, 1.54) is 0 Å². The first-order valence-electron chi connectivity index (χ1n) is 4.26. The molecule has 1 fully saturated rings.